The second kappa shape index (κ2) is 13.6. The van der Waals surface area contributed by atoms with Gasteiger partial charge in [-0.3, -0.25) is 14.4 Å². The molecule has 0 bridgehead atoms. The molecule has 2 heterocycles. The van der Waals surface area contributed by atoms with Crippen molar-refractivity contribution in [2.45, 2.75) is 52.6 Å². The second-order valence-corrected chi connectivity index (χ2v) is 11.6. The molecule has 0 radical (unpaired) electrons. The molecule has 1 aliphatic heterocycles. The summed E-state index contributed by atoms with van der Waals surface area (Å²) >= 11 is 0. The molecule has 3 aromatic rings. The van der Waals surface area contributed by atoms with Gasteiger partial charge in [0.15, 0.2) is 6.10 Å². The Morgan fingerprint density at radius 1 is 1.16 bits per heavy atom. The number of carbonyl (C=O) groups is 3. The van der Waals surface area contributed by atoms with Crippen LogP contribution in [0.25, 0.3) is 11.3 Å². The average molecular weight is 614 g/mol. The Hall–Kier alpha value is -4.19. The number of nitrogens with zero attached hydrogens (tertiary/aromatic N) is 3. The molecule has 2 aromatic carbocycles. The van der Waals surface area contributed by atoms with Gasteiger partial charge in [0.2, 0.25) is 5.91 Å². The molecule has 1 fully saturated rings. The van der Waals surface area contributed by atoms with Crippen molar-refractivity contribution in [1.29, 1.82) is 0 Å². The van der Waals surface area contributed by atoms with Crippen molar-refractivity contribution in [3.63, 3.8) is 0 Å². The van der Waals surface area contributed by atoms with E-state index in [0.717, 1.165) is 23.8 Å². The molecule has 2 amide bonds. The van der Waals surface area contributed by atoms with Crippen LogP contribution in [0.4, 0.5) is 13.2 Å². The molecule has 2 N–H and O–H groups in total. The van der Waals surface area contributed by atoms with Gasteiger partial charge in [-0.1, -0.05) is 30.3 Å². The molecule has 236 valence electrons. The molecule has 1 saturated heterocycles. The Kier molecular flexibility index (Phi) is 10.1. The minimum atomic E-state index is -1.39. The highest BCUT2D eigenvalue weighted by molar-refractivity contribution is 5.86. The number of esters is 1. The molecule has 4 atom stereocenters. The van der Waals surface area contributed by atoms with Crippen molar-refractivity contribution in [2.24, 2.45) is 11.3 Å². The fourth-order valence-corrected chi connectivity index (χ4v) is 5.67. The van der Waals surface area contributed by atoms with Crippen LogP contribution in [0.3, 0.4) is 0 Å². The van der Waals surface area contributed by atoms with E-state index in [1.807, 2.05) is 30.3 Å². The lowest BCUT2D eigenvalue weighted by atomic mass is 9.80. The first-order valence-electron chi connectivity index (χ1n) is 14.4. The molecule has 0 spiro atoms. The Morgan fingerprint density at radius 2 is 1.86 bits per heavy atom. The summed E-state index contributed by atoms with van der Waals surface area (Å²) in [6.07, 6.45) is -1.000. The molecular formula is C32H38F3N5O4. The molecule has 1 aromatic heterocycles. The first-order valence-corrected chi connectivity index (χ1v) is 14.4. The van der Waals surface area contributed by atoms with Gasteiger partial charge in [-0.05, 0) is 44.5 Å². The summed E-state index contributed by atoms with van der Waals surface area (Å²) < 4.78 is 51.3. The van der Waals surface area contributed by atoms with Crippen LogP contribution >= 0.6 is 0 Å². The SMILES string of the molecule is CNC(=O)C(C)(C)C(c1nc(-c2cc(F)ccc2F)cn1Cc1ccccc1)N(CC1CNCC1F)C(=O)C(C)OC(C)=O. The van der Waals surface area contributed by atoms with Crippen molar-refractivity contribution in [3.8, 4) is 11.3 Å². The van der Waals surface area contributed by atoms with Gasteiger partial charge in [0.05, 0.1) is 11.1 Å². The van der Waals surface area contributed by atoms with Crippen LogP contribution in [0.15, 0.2) is 54.7 Å². The predicted octanol–water partition coefficient (Wildman–Crippen LogP) is 4.03. The fraction of sp³-hybridized carbons (Fsp3) is 0.438. The molecule has 1 aliphatic rings. The maximum absolute atomic E-state index is 15.0. The van der Waals surface area contributed by atoms with E-state index in [4.69, 9.17) is 9.72 Å². The third-order valence-electron chi connectivity index (χ3n) is 7.92. The smallest absolute Gasteiger partial charge is 0.303 e. The Morgan fingerprint density at radius 3 is 2.48 bits per heavy atom. The van der Waals surface area contributed by atoms with E-state index in [0.29, 0.717) is 0 Å². The van der Waals surface area contributed by atoms with Gasteiger partial charge in [-0.25, -0.2) is 18.2 Å². The lowest BCUT2D eigenvalue weighted by molar-refractivity contribution is -0.162. The van der Waals surface area contributed by atoms with Gasteiger partial charge in [0, 0.05) is 57.8 Å². The number of aromatic nitrogens is 2. The number of alkyl halides is 1. The van der Waals surface area contributed by atoms with Gasteiger partial charge in [0.25, 0.3) is 5.91 Å². The van der Waals surface area contributed by atoms with Crippen LogP contribution < -0.4 is 10.6 Å². The number of halogens is 3. The van der Waals surface area contributed by atoms with E-state index in [2.05, 4.69) is 10.6 Å². The van der Waals surface area contributed by atoms with Crippen LogP contribution in [0.2, 0.25) is 0 Å². The largest absolute Gasteiger partial charge is 0.453 e. The minimum absolute atomic E-state index is 0.0805. The number of benzene rings is 2. The maximum Gasteiger partial charge on any atom is 0.303 e. The Bertz CT molecular complexity index is 1500. The molecule has 4 unspecified atom stereocenters. The first-order chi connectivity index (χ1) is 20.8. The number of imidazole rings is 1. The summed E-state index contributed by atoms with van der Waals surface area (Å²) in [5, 5.41) is 5.63. The normalized spacial score (nSPS) is 18.0. The lowest BCUT2D eigenvalue weighted by Gasteiger charge is -2.42. The third kappa shape index (κ3) is 7.12. The van der Waals surface area contributed by atoms with Crippen LogP contribution in [0.1, 0.15) is 45.1 Å². The van der Waals surface area contributed by atoms with E-state index in [1.54, 1.807) is 24.6 Å². The van der Waals surface area contributed by atoms with E-state index in [1.165, 1.54) is 25.8 Å². The van der Waals surface area contributed by atoms with Crippen molar-refractivity contribution in [2.75, 3.05) is 26.7 Å². The highest BCUT2D eigenvalue weighted by atomic mass is 19.1. The van der Waals surface area contributed by atoms with Crippen molar-refractivity contribution < 1.29 is 32.3 Å². The van der Waals surface area contributed by atoms with Gasteiger partial charge in [0.1, 0.15) is 29.7 Å². The zero-order chi connectivity index (χ0) is 32.2. The third-order valence-corrected chi connectivity index (χ3v) is 7.92. The number of hydrogen-bond donors (Lipinski definition) is 2. The van der Waals surface area contributed by atoms with Crippen molar-refractivity contribution >= 4 is 17.8 Å². The van der Waals surface area contributed by atoms with Crippen LogP contribution in [-0.2, 0) is 25.7 Å². The topological polar surface area (TPSA) is 106 Å². The lowest BCUT2D eigenvalue weighted by Crippen LogP contribution is -2.53. The maximum atomic E-state index is 15.0. The van der Waals surface area contributed by atoms with Crippen LogP contribution in [0.5, 0.6) is 0 Å². The molecule has 44 heavy (non-hydrogen) atoms. The van der Waals surface area contributed by atoms with Crippen molar-refractivity contribution in [3.05, 3.63) is 77.8 Å². The van der Waals surface area contributed by atoms with E-state index >= 15 is 8.78 Å². The number of nitrogens with one attached hydrogen (secondary N) is 2. The van der Waals surface area contributed by atoms with Crippen LogP contribution in [-0.4, -0.2) is 71.2 Å². The van der Waals surface area contributed by atoms with Gasteiger partial charge in [-0.15, -0.1) is 0 Å². The van der Waals surface area contributed by atoms with E-state index in [-0.39, 0.29) is 43.3 Å². The van der Waals surface area contributed by atoms with E-state index in [9.17, 15) is 18.8 Å². The summed E-state index contributed by atoms with van der Waals surface area (Å²) in [5.74, 6) is -3.62. The summed E-state index contributed by atoms with van der Waals surface area (Å²) in [7, 11) is 1.46. The summed E-state index contributed by atoms with van der Waals surface area (Å²) in [4.78, 5) is 45.5. The molecule has 4 rings (SSSR count). The number of hydrogen-bond acceptors (Lipinski definition) is 6. The predicted molar refractivity (Wildman–Crippen MR) is 158 cm³/mol. The summed E-state index contributed by atoms with van der Waals surface area (Å²) in [5.41, 5.74) is -0.583. The Labute approximate surface area is 254 Å². The first kappa shape index (κ1) is 32.7. The van der Waals surface area contributed by atoms with Gasteiger partial charge in [-0.2, -0.15) is 0 Å². The fourth-order valence-electron chi connectivity index (χ4n) is 5.67. The molecule has 12 heteroatoms. The van der Waals surface area contributed by atoms with E-state index < -0.39 is 59.1 Å². The zero-order valence-corrected chi connectivity index (χ0v) is 25.4. The second-order valence-electron chi connectivity index (χ2n) is 11.6. The highest BCUT2D eigenvalue weighted by Crippen LogP contribution is 2.41. The number of carbonyl (C=O) groups excluding carboxylic acids is 3. The molecule has 0 saturated carbocycles. The highest BCUT2D eigenvalue weighted by Gasteiger charge is 2.48. The van der Waals surface area contributed by atoms with Gasteiger partial charge >= 0.3 is 5.97 Å². The molecular weight excluding hydrogens is 575 g/mol. The number of ether oxygens (including phenoxy) is 1. The van der Waals surface area contributed by atoms with Gasteiger partial charge < -0.3 is 24.8 Å². The standard InChI is InChI=1S/C32H38F3N5O4/c1-19(44-20(2)41)30(42)40(17-22-14-37-15-26(22)35)28(32(3,4)31(43)36-5)29-38-27(24-13-23(33)11-12-25(24)34)18-39(29)16-21-9-7-6-8-10-21/h6-13,18-19,22,26,28,37H,14-17H2,1-5H3,(H,36,43). The Balaban J connectivity index is 1.97. The molecule has 0 aliphatic carbocycles. The minimum Gasteiger partial charge on any atom is -0.453 e. The molecule has 9 nitrogen and oxygen atoms in total. The van der Waals surface area contributed by atoms with Crippen molar-refractivity contribution in [1.82, 2.24) is 25.1 Å². The zero-order valence-electron chi connectivity index (χ0n) is 25.4. The quantitative estimate of drug-likeness (QED) is 0.317. The average Bonchev–Trinajstić information content (AvgIpc) is 3.58. The van der Waals surface area contributed by atoms with Crippen LogP contribution in [0, 0.1) is 23.0 Å². The monoisotopic (exact) mass is 613 g/mol. The number of amides is 2. The summed E-state index contributed by atoms with van der Waals surface area (Å²) in [6, 6.07) is 11.1. The summed E-state index contributed by atoms with van der Waals surface area (Å²) in [6.45, 7) is 6.27. The number of rotatable bonds is 11.